The van der Waals surface area contributed by atoms with Crippen LogP contribution in [0.2, 0.25) is 10.0 Å². The van der Waals surface area contributed by atoms with Crippen molar-refractivity contribution < 1.29 is 30.1 Å². The maximum absolute atomic E-state index is 13.2. The van der Waals surface area contributed by atoms with Gasteiger partial charge in [0.1, 0.15) is 11.4 Å². The summed E-state index contributed by atoms with van der Waals surface area (Å²) in [4.78, 5) is 27.0. The van der Waals surface area contributed by atoms with Gasteiger partial charge in [0.25, 0.3) is 5.91 Å². The van der Waals surface area contributed by atoms with Gasteiger partial charge in [-0.25, -0.2) is 0 Å². The van der Waals surface area contributed by atoms with Crippen LogP contribution in [0.1, 0.15) is 49.7 Å². The van der Waals surface area contributed by atoms with Crippen molar-refractivity contribution in [2.75, 3.05) is 44.6 Å². The van der Waals surface area contributed by atoms with Crippen LogP contribution >= 0.6 is 23.2 Å². The normalized spacial score (nSPS) is 15.4. The Bertz CT molecular complexity index is 1140. The van der Waals surface area contributed by atoms with Crippen molar-refractivity contribution in [2.24, 2.45) is 0 Å². The number of carbonyl (C=O) groups excluding carboxylic acids is 2. The van der Waals surface area contributed by atoms with Gasteiger partial charge in [-0.15, -0.1) is 0 Å². The predicted octanol–water partition coefficient (Wildman–Crippen LogP) is 2.49. The number of hydrogen-bond acceptors (Lipinski definition) is 4. The summed E-state index contributed by atoms with van der Waals surface area (Å²) in [5.41, 5.74) is 2.46. The number of fused-ring (bicyclic) bond motifs is 1. The number of nitrogens with two attached hydrogens (primary N) is 2. The summed E-state index contributed by atoms with van der Waals surface area (Å²) in [6.07, 6.45) is 7.99. The highest BCUT2D eigenvalue weighted by molar-refractivity contribution is 6.42. The molecule has 10 heteroatoms. The van der Waals surface area contributed by atoms with Gasteiger partial charge >= 0.3 is 0 Å². The Morgan fingerprint density at radius 2 is 1.77 bits per heavy atom. The van der Waals surface area contributed by atoms with Crippen molar-refractivity contribution in [3.05, 3.63) is 51.5 Å². The highest BCUT2D eigenvalue weighted by Gasteiger charge is 2.26. The van der Waals surface area contributed by atoms with Gasteiger partial charge in [0, 0.05) is 24.4 Å². The van der Waals surface area contributed by atoms with Crippen LogP contribution in [-0.4, -0.2) is 67.2 Å². The van der Waals surface area contributed by atoms with Crippen molar-refractivity contribution in [3.63, 3.8) is 0 Å². The Morgan fingerprint density at radius 3 is 2.56 bits per heavy atom. The molecule has 2 aliphatic rings. The minimum atomic E-state index is -0.266. The molecule has 212 valence electrons. The summed E-state index contributed by atoms with van der Waals surface area (Å²) in [6.45, 7) is 4.03. The van der Waals surface area contributed by atoms with E-state index in [0.29, 0.717) is 33.9 Å². The molecule has 0 atom stereocenters. The summed E-state index contributed by atoms with van der Waals surface area (Å²) in [5, 5.41) is 18.3. The number of quaternary nitrogens is 2. The topological polar surface area (TPSA) is 112 Å². The molecule has 0 bridgehead atoms. The monoisotopic (exact) mass is 578 g/mol. The van der Waals surface area contributed by atoms with E-state index < -0.39 is 0 Å². The van der Waals surface area contributed by atoms with Crippen LogP contribution in [0.15, 0.2) is 30.3 Å². The lowest BCUT2D eigenvalue weighted by Crippen LogP contribution is -2.86. The van der Waals surface area contributed by atoms with Gasteiger partial charge in [0.2, 0.25) is 5.91 Å². The number of hydrogen-bond donors (Lipinski definition) is 4. The fraction of sp³-hybridized carbons (Fsp3) is 0.517. The standard InChI is InChI=1S/C29H38Cl2N4O4/c30-23-8-6-20(18-24(23)31)10-13-32-15-12-27(38)35(22-4-2-1-3-5-22)17-16-33-14-11-21-7-9-25(36)28-29(21)39-19-26(37)34-28/h6-9,18,22,32-33,36H,1-5,10-17,19H2,(H,34,37)/p+2. The Hall–Kier alpha value is -2.52. The average molecular weight is 580 g/mol. The van der Waals surface area contributed by atoms with Crippen LogP contribution in [0.5, 0.6) is 11.5 Å². The van der Waals surface area contributed by atoms with E-state index in [1.807, 2.05) is 24.3 Å². The zero-order chi connectivity index (χ0) is 27.6. The lowest BCUT2D eigenvalue weighted by atomic mass is 9.94. The molecule has 1 heterocycles. The Labute approximate surface area is 240 Å². The van der Waals surface area contributed by atoms with Crippen molar-refractivity contribution in [1.82, 2.24) is 4.90 Å². The summed E-state index contributed by atoms with van der Waals surface area (Å²) in [5.74, 6) is 0.548. The molecule has 1 aliphatic heterocycles. The first-order valence-corrected chi connectivity index (χ1v) is 14.8. The van der Waals surface area contributed by atoms with Gasteiger partial charge in [0.15, 0.2) is 12.4 Å². The number of phenols is 1. The van der Waals surface area contributed by atoms with E-state index in [4.69, 9.17) is 27.9 Å². The fourth-order valence-corrected chi connectivity index (χ4v) is 5.75. The van der Waals surface area contributed by atoms with Gasteiger partial charge in [0.05, 0.1) is 49.2 Å². The molecule has 4 rings (SSSR count). The minimum absolute atomic E-state index is 0.0130. The van der Waals surface area contributed by atoms with Gasteiger partial charge in [-0.2, -0.15) is 0 Å². The Morgan fingerprint density at radius 1 is 1.00 bits per heavy atom. The molecule has 2 aromatic rings. The Balaban J connectivity index is 1.21. The molecular weight excluding hydrogens is 539 g/mol. The first-order chi connectivity index (χ1) is 18.9. The summed E-state index contributed by atoms with van der Waals surface area (Å²) in [7, 11) is 0. The van der Waals surface area contributed by atoms with E-state index in [2.05, 4.69) is 20.9 Å². The van der Waals surface area contributed by atoms with Crippen LogP contribution in [0.25, 0.3) is 0 Å². The molecule has 1 aliphatic carbocycles. The zero-order valence-corrected chi connectivity index (χ0v) is 23.9. The number of anilines is 1. The summed E-state index contributed by atoms with van der Waals surface area (Å²) in [6, 6.07) is 9.51. The number of nitrogens with one attached hydrogen (secondary N) is 1. The van der Waals surface area contributed by atoms with E-state index >= 15 is 0 Å². The number of amides is 2. The molecule has 1 fully saturated rings. The zero-order valence-electron chi connectivity index (χ0n) is 22.4. The molecule has 39 heavy (non-hydrogen) atoms. The summed E-state index contributed by atoms with van der Waals surface area (Å²) < 4.78 is 5.59. The van der Waals surface area contributed by atoms with E-state index in [1.165, 1.54) is 19.3 Å². The number of phenolic OH excluding ortho intramolecular Hbond substituents is 1. The smallest absolute Gasteiger partial charge is 0.262 e. The molecule has 0 unspecified atom stereocenters. The number of nitrogens with zero attached hydrogens (tertiary/aromatic N) is 1. The number of rotatable bonds is 13. The fourth-order valence-electron chi connectivity index (χ4n) is 5.42. The van der Waals surface area contributed by atoms with Crippen molar-refractivity contribution in [3.8, 4) is 11.5 Å². The summed E-state index contributed by atoms with van der Waals surface area (Å²) >= 11 is 12.1. The maximum atomic E-state index is 13.2. The molecular formula is C29H40Cl2N4O4+2. The second-order valence-corrected chi connectivity index (χ2v) is 11.2. The SMILES string of the molecule is O=C1COc2c(CC[NH2+]CCN(C(=O)CC[NH2+]CCc3ccc(Cl)c(Cl)c3)C3CCCCC3)ccc(O)c2N1. The average Bonchev–Trinajstić information content (AvgIpc) is 2.94. The molecule has 0 radical (unpaired) electrons. The minimum Gasteiger partial charge on any atom is -0.506 e. The highest BCUT2D eigenvalue weighted by Crippen LogP contribution is 2.39. The lowest BCUT2D eigenvalue weighted by Gasteiger charge is -2.34. The second-order valence-electron chi connectivity index (χ2n) is 10.4. The third-order valence-electron chi connectivity index (χ3n) is 7.54. The van der Waals surface area contributed by atoms with Crippen LogP contribution in [0.3, 0.4) is 0 Å². The van der Waals surface area contributed by atoms with Gasteiger partial charge in [-0.1, -0.05) is 54.6 Å². The molecule has 6 N–H and O–H groups in total. The predicted molar refractivity (Wildman–Crippen MR) is 153 cm³/mol. The number of benzene rings is 2. The molecule has 2 aromatic carbocycles. The van der Waals surface area contributed by atoms with E-state index in [-0.39, 0.29) is 24.2 Å². The Kier molecular flexibility index (Phi) is 11.1. The van der Waals surface area contributed by atoms with Gasteiger partial charge in [-0.3, -0.25) is 9.59 Å². The van der Waals surface area contributed by atoms with Crippen LogP contribution in [-0.2, 0) is 22.4 Å². The number of carbonyl (C=O) groups is 2. The van der Waals surface area contributed by atoms with E-state index in [1.54, 1.807) is 6.07 Å². The first-order valence-electron chi connectivity index (χ1n) is 14.1. The molecule has 1 saturated carbocycles. The van der Waals surface area contributed by atoms with E-state index in [0.717, 1.165) is 69.5 Å². The second kappa shape index (κ2) is 14.7. The number of halogens is 2. The molecule has 2 amide bonds. The third kappa shape index (κ3) is 8.48. The molecule has 0 aromatic heterocycles. The molecule has 0 saturated heterocycles. The van der Waals surface area contributed by atoms with E-state index in [9.17, 15) is 14.7 Å². The highest BCUT2D eigenvalue weighted by atomic mass is 35.5. The largest absolute Gasteiger partial charge is 0.506 e. The lowest BCUT2D eigenvalue weighted by molar-refractivity contribution is -0.654. The van der Waals surface area contributed by atoms with Gasteiger partial charge < -0.3 is 30.7 Å². The molecule has 8 nitrogen and oxygen atoms in total. The van der Waals surface area contributed by atoms with Crippen molar-refractivity contribution in [2.45, 2.75) is 57.4 Å². The maximum Gasteiger partial charge on any atom is 0.262 e. The van der Waals surface area contributed by atoms with Crippen molar-refractivity contribution in [1.29, 1.82) is 0 Å². The van der Waals surface area contributed by atoms with Crippen molar-refractivity contribution >= 4 is 40.7 Å². The van der Waals surface area contributed by atoms with Crippen LogP contribution in [0.4, 0.5) is 5.69 Å². The third-order valence-corrected chi connectivity index (χ3v) is 8.28. The first kappa shape index (κ1) is 29.5. The quantitative estimate of drug-likeness (QED) is 0.216. The van der Waals surface area contributed by atoms with Gasteiger partial charge in [-0.05, 0) is 36.6 Å². The van der Waals surface area contributed by atoms with Crippen LogP contribution in [0, 0.1) is 0 Å². The molecule has 0 spiro atoms. The van der Waals surface area contributed by atoms with Crippen LogP contribution < -0.4 is 20.7 Å². The number of aromatic hydroxyl groups is 1. The number of ether oxygens (including phenoxy) is 1.